The van der Waals surface area contributed by atoms with Gasteiger partial charge in [0, 0.05) is 33.3 Å². The predicted octanol–water partition coefficient (Wildman–Crippen LogP) is 4.29. The molecule has 5 nitrogen and oxygen atoms in total. The summed E-state index contributed by atoms with van der Waals surface area (Å²) in [6, 6.07) is 6.21. The minimum atomic E-state index is -1.25. The molecule has 1 aliphatic carbocycles. The molecule has 8 heteroatoms. The maximum atomic E-state index is 11.9. The van der Waals surface area contributed by atoms with Crippen LogP contribution in [-0.4, -0.2) is 22.1 Å². The summed E-state index contributed by atoms with van der Waals surface area (Å²) >= 11 is 18.4. The number of benzene rings is 2. The van der Waals surface area contributed by atoms with Gasteiger partial charge >= 0.3 is 5.97 Å². The first-order valence-corrected chi connectivity index (χ1v) is 8.14. The maximum Gasteiger partial charge on any atom is 0.328 e. The van der Waals surface area contributed by atoms with Gasteiger partial charge in [0.15, 0.2) is 0 Å². The van der Waals surface area contributed by atoms with E-state index in [1.165, 1.54) is 12.1 Å². The summed E-state index contributed by atoms with van der Waals surface area (Å²) in [5.41, 5.74) is 2.36. The molecular formula is C17H10Cl3NO4. The van der Waals surface area contributed by atoms with Gasteiger partial charge in [-0.25, -0.2) is 4.79 Å². The van der Waals surface area contributed by atoms with E-state index in [0.717, 1.165) is 12.2 Å². The van der Waals surface area contributed by atoms with Crippen LogP contribution in [0.4, 0.5) is 5.69 Å². The van der Waals surface area contributed by atoms with Gasteiger partial charge in [0.2, 0.25) is 5.91 Å². The average Bonchev–Trinajstić information content (AvgIpc) is 2.79. The minimum absolute atomic E-state index is 0.297. The quantitative estimate of drug-likeness (QED) is 0.673. The second-order valence-corrected chi connectivity index (χ2v) is 6.61. The normalized spacial score (nSPS) is 15.1. The van der Waals surface area contributed by atoms with Gasteiger partial charge in [-0.1, -0.05) is 34.8 Å². The second-order valence-electron chi connectivity index (χ2n) is 5.33. The van der Waals surface area contributed by atoms with Crippen LogP contribution in [0.1, 0.15) is 17.2 Å². The molecule has 0 saturated heterocycles. The number of nitrogens with one attached hydrogen (secondary N) is 1. The molecule has 0 unspecified atom stereocenters. The van der Waals surface area contributed by atoms with Crippen LogP contribution in [0.3, 0.4) is 0 Å². The SMILES string of the molecule is O=C(O)/C=C\C(=O)Nc1cc(Cl)cc2c1-c1c(Cl)cc(Cl)cc1[C@H]2O. The Hall–Kier alpha value is -2.05. The summed E-state index contributed by atoms with van der Waals surface area (Å²) in [6.07, 6.45) is 0.603. The van der Waals surface area contributed by atoms with Gasteiger partial charge in [-0.2, -0.15) is 0 Å². The van der Waals surface area contributed by atoms with Crippen molar-refractivity contribution in [2.75, 3.05) is 5.32 Å². The standard InChI is InChI=1S/C17H10Cl3NO4/c18-7-3-9-15(11(20)5-7)16-10(17(9)25)4-8(19)6-12(16)21-13(22)1-2-14(23)24/h1-6,17,25H,(H,21,22)(H,23,24)/b2-1-/t17-/m1/s1. The summed E-state index contributed by atoms with van der Waals surface area (Å²) in [7, 11) is 0. The number of aliphatic hydroxyl groups excluding tert-OH is 1. The second kappa shape index (κ2) is 6.69. The summed E-state index contributed by atoms with van der Waals surface area (Å²) in [5, 5.41) is 22.7. The number of aliphatic hydroxyl groups is 1. The van der Waals surface area contributed by atoms with E-state index in [0.29, 0.717) is 43.0 Å². The smallest absolute Gasteiger partial charge is 0.328 e. The molecule has 2 aromatic rings. The molecule has 0 aliphatic heterocycles. The number of anilines is 1. The molecule has 0 saturated carbocycles. The number of aliphatic carboxylic acids is 1. The number of fused-ring (bicyclic) bond motifs is 3. The highest BCUT2D eigenvalue weighted by molar-refractivity contribution is 6.37. The van der Waals surface area contributed by atoms with Crippen molar-refractivity contribution in [3.8, 4) is 11.1 Å². The van der Waals surface area contributed by atoms with E-state index in [1.54, 1.807) is 12.1 Å². The molecule has 0 radical (unpaired) electrons. The molecule has 1 amide bonds. The number of rotatable bonds is 3. The Kier molecular flexibility index (Phi) is 4.75. The van der Waals surface area contributed by atoms with Crippen LogP contribution in [0.15, 0.2) is 36.4 Å². The molecule has 25 heavy (non-hydrogen) atoms. The van der Waals surface area contributed by atoms with Crippen molar-refractivity contribution in [2.24, 2.45) is 0 Å². The number of carboxylic acids is 1. The van der Waals surface area contributed by atoms with Crippen molar-refractivity contribution in [3.63, 3.8) is 0 Å². The van der Waals surface area contributed by atoms with Crippen molar-refractivity contribution in [2.45, 2.75) is 6.10 Å². The number of carboxylic acid groups (broad SMARTS) is 1. The first-order valence-electron chi connectivity index (χ1n) is 7.00. The van der Waals surface area contributed by atoms with E-state index < -0.39 is 18.0 Å². The van der Waals surface area contributed by atoms with Crippen molar-refractivity contribution >= 4 is 52.4 Å². The third-order valence-corrected chi connectivity index (χ3v) is 4.43. The zero-order valence-corrected chi connectivity index (χ0v) is 14.7. The van der Waals surface area contributed by atoms with Gasteiger partial charge in [-0.15, -0.1) is 0 Å². The number of halogens is 3. The Bertz CT molecular complexity index is 940. The molecule has 1 atom stereocenters. The third-order valence-electron chi connectivity index (χ3n) is 3.69. The fraction of sp³-hybridized carbons (Fsp3) is 0.0588. The average molecular weight is 399 g/mol. The van der Waals surface area contributed by atoms with Crippen LogP contribution in [0, 0.1) is 0 Å². The van der Waals surface area contributed by atoms with Crippen LogP contribution in [-0.2, 0) is 9.59 Å². The molecule has 0 heterocycles. The first kappa shape index (κ1) is 17.8. The number of amides is 1. The molecule has 0 fully saturated rings. The molecule has 0 spiro atoms. The lowest BCUT2D eigenvalue weighted by Gasteiger charge is -2.12. The largest absolute Gasteiger partial charge is 0.478 e. The topological polar surface area (TPSA) is 86.6 Å². The molecule has 0 aromatic heterocycles. The van der Waals surface area contributed by atoms with Crippen molar-refractivity contribution in [1.82, 2.24) is 0 Å². The van der Waals surface area contributed by atoms with Gasteiger partial charge in [-0.3, -0.25) is 4.79 Å². The Morgan fingerprint density at radius 3 is 2.20 bits per heavy atom. The Morgan fingerprint density at radius 2 is 1.56 bits per heavy atom. The third kappa shape index (κ3) is 3.37. The van der Waals surface area contributed by atoms with Crippen LogP contribution in [0.2, 0.25) is 15.1 Å². The molecule has 1 aliphatic rings. The highest BCUT2D eigenvalue weighted by Crippen LogP contribution is 2.51. The highest BCUT2D eigenvalue weighted by Gasteiger charge is 2.32. The van der Waals surface area contributed by atoms with Gasteiger partial charge in [0.25, 0.3) is 0 Å². The van der Waals surface area contributed by atoms with Crippen LogP contribution >= 0.6 is 34.8 Å². The van der Waals surface area contributed by atoms with E-state index in [1.807, 2.05) is 0 Å². The number of hydrogen-bond acceptors (Lipinski definition) is 3. The minimum Gasteiger partial charge on any atom is -0.478 e. The lowest BCUT2D eigenvalue weighted by molar-refractivity contribution is -0.131. The molecule has 0 bridgehead atoms. The predicted molar refractivity (Wildman–Crippen MR) is 96.4 cm³/mol. The Labute approximate surface area is 157 Å². The van der Waals surface area contributed by atoms with Gasteiger partial charge in [-0.05, 0) is 35.4 Å². The molecule has 2 aromatic carbocycles. The highest BCUT2D eigenvalue weighted by atomic mass is 35.5. The van der Waals surface area contributed by atoms with E-state index in [-0.39, 0.29) is 0 Å². The van der Waals surface area contributed by atoms with Crippen LogP contribution in [0.5, 0.6) is 0 Å². The zero-order chi connectivity index (χ0) is 18.3. The zero-order valence-electron chi connectivity index (χ0n) is 12.4. The summed E-state index contributed by atoms with van der Waals surface area (Å²) < 4.78 is 0. The van der Waals surface area contributed by atoms with Crippen LogP contribution < -0.4 is 5.32 Å². The fourth-order valence-corrected chi connectivity index (χ4v) is 3.61. The molecule has 128 valence electrons. The fourth-order valence-electron chi connectivity index (χ4n) is 2.78. The molecule has 3 N–H and O–H groups in total. The summed E-state index contributed by atoms with van der Waals surface area (Å²) in [4.78, 5) is 22.5. The Balaban J connectivity index is 2.13. The summed E-state index contributed by atoms with van der Waals surface area (Å²) in [5.74, 6) is -1.90. The van der Waals surface area contributed by atoms with E-state index in [9.17, 15) is 14.7 Å². The summed E-state index contributed by atoms with van der Waals surface area (Å²) in [6.45, 7) is 0. The maximum absolute atomic E-state index is 11.9. The van der Waals surface area contributed by atoms with Crippen molar-refractivity contribution < 1.29 is 19.8 Å². The van der Waals surface area contributed by atoms with Crippen molar-refractivity contribution in [3.05, 3.63) is 62.6 Å². The van der Waals surface area contributed by atoms with Gasteiger partial charge < -0.3 is 15.5 Å². The first-order chi connectivity index (χ1) is 11.8. The van der Waals surface area contributed by atoms with E-state index >= 15 is 0 Å². The van der Waals surface area contributed by atoms with Gasteiger partial charge in [0.05, 0.1) is 10.7 Å². The van der Waals surface area contributed by atoms with Crippen molar-refractivity contribution in [1.29, 1.82) is 0 Å². The molecule has 3 rings (SSSR count). The van der Waals surface area contributed by atoms with E-state index in [2.05, 4.69) is 5.32 Å². The van der Waals surface area contributed by atoms with Crippen LogP contribution in [0.25, 0.3) is 11.1 Å². The Morgan fingerprint density at radius 1 is 0.960 bits per heavy atom. The van der Waals surface area contributed by atoms with Gasteiger partial charge in [0.1, 0.15) is 6.10 Å². The number of hydrogen-bond donors (Lipinski definition) is 3. The molecular weight excluding hydrogens is 389 g/mol. The lowest BCUT2D eigenvalue weighted by Crippen LogP contribution is -2.10. The lowest BCUT2D eigenvalue weighted by atomic mass is 10.0. The monoisotopic (exact) mass is 397 g/mol. The number of carbonyl (C=O) groups excluding carboxylic acids is 1. The van der Waals surface area contributed by atoms with E-state index in [4.69, 9.17) is 39.9 Å². The number of carbonyl (C=O) groups is 2.